The molecule has 0 spiro atoms. The fourth-order valence-corrected chi connectivity index (χ4v) is 4.67. The van der Waals surface area contributed by atoms with Crippen LogP contribution >= 0.6 is 11.6 Å². The summed E-state index contributed by atoms with van der Waals surface area (Å²) in [6.07, 6.45) is 0. The summed E-state index contributed by atoms with van der Waals surface area (Å²) < 4.78 is 32.4. The van der Waals surface area contributed by atoms with Crippen LogP contribution in [0, 0.1) is 6.92 Å². The van der Waals surface area contributed by atoms with E-state index in [1.807, 2.05) is 31.2 Å². The lowest BCUT2D eigenvalue weighted by atomic mass is 10.2. The molecule has 1 saturated heterocycles. The second kappa shape index (κ2) is 7.96. The topological polar surface area (TPSA) is 49.9 Å². The Morgan fingerprint density at radius 2 is 1.69 bits per heavy atom. The Morgan fingerprint density at radius 3 is 2.27 bits per heavy atom. The number of sulfonamides is 1. The lowest BCUT2D eigenvalue weighted by molar-refractivity contribution is 0.181. The van der Waals surface area contributed by atoms with Crippen molar-refractivity contribution in [2.24, 2.45) is 0 Å². The van der Waals surface area contributed by atoms with Crippen LogP contribution in [0.5, 0.6) is 5.75 Å². The molecule has 3 rings (SSSR count). The van der Waals surface area contributed by atoms with Crippen molar-refractivity contribution >= 4 is 21.6 Å². The van der Waals surface area contributed by atoms with Crippen LogP contribution in [0.25, 0.3) is 0 Å². The number of hydrogen-bond acceptors (Lipinski definition) is 4. The molecule has 5 nitrogen and oxygen atoms in total. The number of benzene rings is 2. The maximum Gasteiger partial charge on any atom is 0.243 e. The van der Waals surface area contributed by atoms with Gasteiger partial charge in [-0.25, -0.2) is 8.42 Å². The first kappa shape index (κ1) is 19.2. The molecule has 1 heterocycles. The van der Waals surface area contributed by atoms with Crippen LogP contribution in [0.4, 0.5) is 0 Å². The number of hydrogen-bond donors (Lipinski definition) is 0. The van der Waals surface area contributed by atoms with Crippen molar-refractivity contribution in [3.63, 3.8) is 0 Å². The molecule has 140 valence electrons. The Morgan fingerprint density at radius 1 is 1.04 bits per heavy atom. The number of methoxy groups -OCH3 is 1. The largest absolute Gasteiger partial charge is 0.497 e. The molecular weight excluding hydrogens is 372 g/mol. The molecule has 1 aliphatic heterocycles. The van der Waals surface area contributed by atoms with Crippen LogP contribution in [0.15, 0.2) is 47.4 Å². The third-order valence-electron chi connectivity index (χ3n) is 4.66. The average Bonchev–Trinajstić information content (AvgIpc) is 2.65. The number of rotatable bonds is 5. The zero-order chi connectivity index (χ0) is 18.7. The summed E-state index contributed by atoms with van der Waals surface area (Å²) in [6.45, 7) is 5.00. The summed E-state index contributed by atoms with van der Waals surface area (Å²) in [7, 11) is -1.83. The van der Waals surface area contributed by atoms with E-state index in [2.05, 4.69) is 4.90 Å². The second-order valence-electron chi connectivity index (χ2n) is 6.44. The van der Waals surface area contributed by atoms with Crippen molar-refractivity contribution in [3.05, 3.63) is 58.6 Å². The third-order valence-corrected chi connectivity index (χ3v) is 6.98. The molecular formula is C19H23ClN2O3S. The van der Waals surface area contributed by atoms with Crippen LogP contribution in [0.2, 0.25) is 5.02 Å². The number of piperazine rings is 1. The molecule has 0 radical (unpaired) electrons. The standard InChI is InChI=1S/C19H23ClN2O3S/c1-15-13-18(7-8-19(15)20)26(23,24)22-11-9-21(10-12-22)14-16-3-5-17(25-2)6-4-16/h3-8,13H,9-12,14H2,1-2H3. The van der Waals surface area contributed by atoms with Gasteiger partial charge in [-0.05, 0) is 48.4 Å². The van der Waals surface area contributed by atoms with Gasteiger partial charge in [0.2, 0.25) is 10.0 Å². The maximum absolute atomic E-state index is 12.8. The minimum absolute atomic E-state index is 0.308. The first-order valence-corrected chi connectivity index (χ1v) is 10.3. The van der Waals surface area contributed by atoms with Gasteiger partial charge in [-0.15, -0.1) is 0 Å². The lowest BCUT2D eigenvalue weighted by Gasteiger charge is -2.34. The quantitative estimate of drug-likeness (QED) is 0.781. The summed E-state index contributed by atoms with van der Waals surface area (Å²) in [5, 5.41) is 0.577. The smallest absolute Gasteiger partial charge is 0.243 e. The Bertz CT molecular complexity index is 861. The van der Waals surface area contributed by atoms with Crippen LogP contribution < -0.4 is 4.74 Å². The first-order valence-electron chi connectivity index (χ1n) is 8.52. The molecule has 0 saturated carbocycles. The minimum atomic E-state index is -3.48. The van der Waals surface area contributed by atoms with Crippen molar-refractivity contribution in [2.75, 3.05) is 33.3 Å². The summed E-state index contributed by atoms with van der Waals surface area (Å²) in [4.78, 5) is 2.57. The van der Waals surface area contributed by atoms with E-state index < -0.39 is 10.0 Å². The summed E-state index contributed by atoms with van der Waals surface area (Å²) in [5.74, 6) is 0.836. The van der Waals surface area contributed by atoms with Crippen molar-refractivity contribution in [1.82, 2.24) is 9.21 Å². The van der Waals surface area contributed by atoms with Gasteiger partial charge in [-0.2, -0.15) is 4.31 Å². The lowest BCUT2D eigenvalue weighted by Crippen LogP contribution is -2.48. The highest BCUT2D eigenvalue weighted by Gasteiger charge is 2.28. The van der Waals surface area contributed by atoms with Crippen LogP contribution in [0.1, 0.15) is 11.1 Å². The van der Waals surface area contributed by atoms with E-state index in [4.69, 9.17) is 16.3 Å². The van der Waals surface area contributed by atoms with Crippen LogP contribution in [0.3, 0.4) is 0 Å². The van der Waals surface area contributed by atoms with Gasteiger partial charge in [0.05, 0.1) is 12.0 Å². The molecule has 1 fully saturated rings. The van der Waals surface area contributed by atoms with Gasteiger partial charge in [-0.3, -0.25) is 4.90 Å². The molecule has 7 heteroatoms. The SMILES string of the molecule is COc1ccc(CN2CCN(S(=O)(=O)c3ccc(Cl)c(C)c3)CC2)cc1. The van der Waals surface area contributed by atoms with Gasteiger partial charge in [0.15, 0.2) is 0 Å². The summed E-state index contributed by atoms with van der Waals surface area (Å²) in [5.41, 5.74) is 1.96. The molecule has 0 unspecified atom stereocenters. The van der Waals surface area contributed by atoms with Crippen molar-refractivity contribution in [1.29, 1.82) is 0 Å². The van der Waals surface area contributed by atoms with Crippen LogP contribution in [-0.4, -0.2) is 50.9 Å². The van der Waals surface area contributed by atoms with Crippen LogP contribution in [-0.2, 0) is 16.6 Å². The highest BCUT2D eigenvalue weighted by atomic mass is 35.5. The number of nitrogens with zero attached hydrogens (tertiary/aromatic N) is 2. The zero-order valence-corrected chi connectivity index (χ0v) is 16.6. The van der Waals surface area contributed by atoms with E-state index in [-0.39, 0.29) is 0 Å². The Hall–Kier alpha value is -1.60. The minimum Gasteiger partial charge on any atom is -0.497 e. The maximum atomic E-state index is 12.8. The van der Waals surface area contributed by atoms with E-state index in [0.717, 1.165) is 17.9 Å². The van der Waals surface area contributed by atoms with E-state index in [1.54, 1.807) is 29.6 Å². The molecule has 0 amide bonds. The van der Waals surface area contributed by atoms with Gasteiger partial charge >= 0.3 is 0 Å². The molecule has 0 N–H and O–H groups in total. The molecule has 0 atom stereocenters. The van der Waals surface area contributed by atoms with E-state index in [1.165, 1.54) is 5.56 Å². The first-order chi connectivity index (χ1) is 12.4. The average molecular weight is 395 g/mol. The van der Waals surface area contributed by atoms with Crippen molar-refractivity contribution < 1.29 is 13.2 Å². The monoisotopic (exact) mass is 394 g/mol. The Kier molecular flexibility index (Phi) is 5.87. The molecule has 2 aromatic rings. The van der Waals surface area contributed by atoms with E-state index >= 15 is 0 Å². The third kappa shape index (κ3) is 4.20. The van der Waals surface area contributed by atoms with Crippen molar-refractivity contribution in [2.45, 2.75) is 18.4 Å². The molecule has 0 aromatic heterocycles. The number of aryl methyl sites for hydroxylation is 1. The molecule has 0 aliphatic carbocycles. The fourth-order valence-electron chi connectivity index (χ4n) is 3.04. The van der Waals surface area contributed by atoms with Gasteiger partial charge < -0.3 is 4.74 Å². The summed E-state index contributed by atoms with van der Waals surface area (Å²) >= 11 is 6.01. The van der Waals surface area contributed by atoms with E-state index in [9.17, 15) is 8.42 Å². The van der Waals surface area contributed by atoms with E-state index in [0.29, 0.717) is 36.1 Å². The van der Waals surface area contributed by atoms with Gasteiger partial charge in [0, 0.05) is 37.7 Å². The molecule has 2 aromatic carbocycles. The zero-order valence-electron chi connectivity index (χ0n) is 15.0. The predicted octanol–water partition coefficient (Wildman–Crippen LogP) is 3.16. The predicted molar refractivity (Wildman–Crippen MR) is 103 cm³/mol. The highest BCUT2D eigenvalue weighted by molar-refractivity contribution is 7.89. The molecule has 26 heavy (non-hydrogen) atoms. The van der Waals surface area contributed by atoms with Gasteiger partial charge in [0.1, 0.15) is 5.75 Å². The number of halogens is 1. The molecule has 0 bridgehead atoms. The van der Waals surface area contributed by atoms with Crippen molar-refractivity contribution in [3.8, 4) is 5.75 Å². The van der Waals surface area contributed by atoms with Gasteiger partial charge in [-0.1, -0.05) is 23.7 Å². The van der Waals surface area contributed by atoms with Gasteiger partial charge in [0.25, 0.3) is 0 Å². The second-order valence-corrected chi connectivity index (χ2v) is 8.78. The molecule has 1 aliphatic rings. The summed E-state index contributed by atoms with van der Waals surface area (Å²) in [6, 6.07) is 12.8. The fraction of sp³-hybridized carbons (Fsp3) is 0.368. The Labute approximate surface area is 160 Å². The Balaban J connectivity index is 1.62. The normalized spacial score (nSPS) is 16.6. The highest BCUT2D eigenvalue weighted by Crippen LogP contribution is 2.23. The number of ether oxygens (including phenoxy) is 1.